The zero-order chi connectivity index (χ0) is 10.3. The SMILES string of the molecule is C[C@]12C[C@@]34C=CC(=O)CC3[C@H](C[C@@H]1C4)O2. The first-order chi connectivity index (χ1) is 7.11. The number of hydrogen-bond acceptors (Lipinski definition) is 2. The number of ketones is 1. The highest BCUT2D eigenvalue weighted by Crippen LogP contribution is 2.68. The summed E-state index contributed by atoms with van der Waals surface area (Å²) in [5.74, 6) is 1.53. The molecule has 2 heteroatoms. The monoisotopic (exact) mass is 204 g/mol. The Balaban J connectivity index is 1.86. The van der Waals surface area contributed by atoms with Crippen LogP contribution in [0.3, 0.4) is 0 Å². The summed E-state index contributed by atoms with van der Waals surface area (Å²) in [4.78, 5) is 11.5. The lowest BCUT2D eigenvalue weighted by atomic mass is 9.62. The molecule has 0 aromatic heterocycles. The molecule has 2 heterocycles. The Morgan fingerprint density at radius 3 is 3.20 bits per heavy atom. The van der Waals surface area contributed by atoms with Crippen molar-refractivity contribution in [2.75, 3.05) is 0 Å². The molecule has 1 unspecified atom stereocenters. The summed E-state index contributed by atoms with van der Waals surface area (Å²) in [6.07, 6.45) is 8.75. The van der Waals surface area contributed by atoms with Gasteiger partial charge in [0.1, 0.15) is 0 Å². The van der Waals surface area contributed by atoms with Gasteiger partial charge < -0.3 is 4.74 Å². The molecule has 0 radical (unpaired) electrons. The van der Waals surface area contributed by atoms with Crippen molar-refractivity contribution < 1.29 is 9.53 Å². The third kappa shape index (κ3) is 0.840. The van der Waals surface area contributed by atoms with E-state index < -0.39 is 0 Å². The predicted octanol–water partition coefficient (Wildman–Crippen LogP) is 2.09. The second-order valence-electron chi connectivity index (χ2n) is 6.13. The number of ether oxygens (including phenoxy) is 1. The molecule has 0 amide bonds. The van der Waals surface area contributed by atoms with Crippen LogP contribution in [0.4, 0.5) is 0 Å². The number of hydrogen-bond donors (Lipinski definition) is 0. The van der Waals surface area contributed by atoms with Gasteiger partial charge in [0.25, 0.3) is 0 Å². The zero-order valence-corrected chi connectivity index (χ0v) is 9.03. The van der Waals surface area contributed by atoms with E-state index in [1.807, 2.05) is 6.08 Å². The first-order valence-corrected chi connectivity index (χ1v) is 6.01. The number of allylic oxidation sites excluding steroid dienone is 2. The molecule has 0 aromatic carbocycles. The van der Waals surface area contributed by atoms with Crippen LogP contribution in [0, 0.1) is 17.3 Å². The van der Waals surface area contributed by atoms with E-state index in [0.717, 1.165) is 18.8 Å². The highest BCUT2D eigenvalue weighted by Gasteiger charge is 2.67. The number of carbonyl (C=O) groups is 1. The Kier molecular flexibility index (Phi) is 1.26. The summed E-state index contributed by atoms with van der Waals surface area (Å²) in [6, 6.07) is 0. The molecule has 2 aliphatic heterocycles. The van der Waals surface area contributed by atoms with Crippen LogP contribution in [-0.4, -0.2) is 17.5 Å². The minimum Gasteiger partial charge on any atom is -0.371 e. The quantitative estimate of drug-likeness (QED) is 0.604. The molecule has 15 heavy (non-hydrogen) atoms. The van der Waals surface area contributed by atoms with Gasteiger partial charge in [0.15, 0.2) is 5.78 Å². The van der Waals surface area contributed by atoms with Gasteiger partial charge in [-0.3, -0.25) is 4.79 Å². The summed E-state index contributed by atoms with van der Waals surface area (Å²) in [6.45, 7) is 2.27. The molecule has 2 saturated heterocycles. The van der Waals surface area contributed by atoms with Crippen molar-refractivity contribution in [3.05, 3.63) is 12.2 Å². The van der Waals surface area contributed by atoms with Crippen LogP contribution < -0.4 is 0 Å². The van der Waals surface area contributed by atoms with Gasteiger partial charge in [0.05, 0.1) is 11.7 Å². The molecule has 2 nitrogen and oxygen atoms in total. The largest absolute Gasteiger partial charge is 0.371 e. The molecular formula is C13H16O2. The molecule has 5 aliphatic rings. The van der Waals surface area contributed by atoms with E-state index in [4.69, 9.17) is 4.74 Å². The number of carbonyl (C=O) groups excluding carboxylic acids is 1. The topological polar surface area (TPSA) is 26.3 Å². The fourth-order valence-electron chi connectivity index (χ4n) is 4.72. The van der Waals surface area contributed by atoms with Gasteiger partial charge >= 0.3 is 0 Å². The van der Waals surface area contributed by atoms with Crippen molar-refractivity contribution in [3.8, 4) is 0 Å². The maximum Gasteiger partial charge on any atom is 0.155 e. The fourth-order valence-corrected chi connectivity index (χ4v) is 4.72. The summed E-state index contributed by atoms with van der Waals surface area (Å²) in [5, 5.41) is 0. The van der Waals surface area contributed by atoms with E-state index in [2.05, 4.69) is 13.0 Å². The maximum absolute atomic E-state index is 11.5. The average Bonchev–Trinajstić information content (AvgIpc) is 2.54. The molecule has 0 aromatic rings. The van der Waals surface area contributed by atoms with Crippen LogP contribution in [0.5, 0.6) is 0 Å². The third-order valence-electron chi connectivity index (χ3n) is 5.32. The maximum atomic E-state index is 11.5. The second kappa shape index (κ2) is 2.22. The van der Waals surface area contributed by atoms with E-state index in [9.17, 15) is 4.79 Å². The van der Waals surface area contributed by atoms with Gasteiger partial charge in [-0.1, -0.05) is 6.08 Å². The van der Waals surface area contributed by atoms with E-state index in [1.165, 1.54) is 12.8 Å². The Labute approximate surface area is 89.7 Å². The van der Waals surface area contributed by atoms with Crippen molar-refractivity contribution in [3.63, 3.8) is 0 Å². The highest BCUT2D eigenvalue weighted by molar-refractivity contribution is 5.91. The standard InChI is InChI=1S/C13H16O2/c1-12-7-13-3-2-9(14)5-10(13)11(15-12)4-8(12)6-13/h2-3,8,10-11H,4-7H2,1H3/t8-,10?,11+,12+,13+/m1/s1. The van der Waals surface area contributed by atoms with Gasteiger partial charge in [0, 0.05) is 12.3 Å². The van der Waals surface area contributed by atoms with E-state index in [-0.39, 0.29) is 5.60 Å². The van der Waals surface area contributed by atoms with Gasteiger partial charge in [-0.05, 0) is 43.6 Å². The first kappa shape index (κ1) is 8.51. The van der Waals surface area contributed by atoms with Gasteiger partial charge in [-0.15, -0.1) is 0 Å². The number of rotatable bonds is 0. The minimum atomic E-state index is 0.131. The second-order valence-corrected chi connectivity index (χ2v) is 6.13. The van der Waals surface area contributed by atoms with Crippen LogP contribution in [0.1, 0.15) is 32.6 Å². The van der Waals surface area contributed by atoms with Crippen molar-refractivity contribution in [1.82, 2.24) is 0 Å². The van der Waals surface area contributed by atoms with Crippen molar-refractivity contribution in [2.24, 2.45) is 17.3 Å². The summed E-state index contributed by atoms with van der Waals surface area (Å²) in [7, 11) is 0. The Morgan fingerprint density at radius 2 is 2.40 bits per heavy atom. The Morgan fingerprint density at radius 1 is 1.53 bits per heavy atom. The van der Waals surface area contributed by atoms with E-state index >= 15 is 0 Å². The van der Waals surface area contributed by atoms with Crippen LogP contribution in [0.2, 0.25) is 0 Å². The molecule has 4 fully saturated rings. The third-order valence-corrected chi connectivity index (χ3v) is 5.32. The van der Waals surface area contributed by atoms with Crippen LogP contribution >= 0.6 is 0 Å². The molecule has 80 valence electrons. The lowest BCUT2D eigenvalue weighted by Gasteiger charge is -2.47. The molecule has 1 spiro atoms. The van der Waals surface area contributed by atoms with Crippen LogP contribution in [-0.2, 0) is 9.53 Å². The van der Waals surface area contributed by atoms with Gasteiger partial charge in [0.2, 0.25) is 0 Å². The van der Waals surface area contributed by atoms with Gasteiger partial charge in [-0.2, -0.15) is 0 Å². The lowest BCUT2D eigenvalue weighted by molar-refractivity contribution is -0.137. The van der Waals surface area contributed by atoms with Crippen LogP contribution in [0.15, 0.2) is 12.2 Å². The summed E-state index contributed by atoms with van der Waals surface area (Å²) < 4.78 is 6.17. The zero-order valence-electron chi connectivity index (χ0n) is 9.03. The summed E-state index contributed by atoms with van der Waals surface area (Å²) >= 11 is 0. The lowest BCUT2D eigenvalue weighted by Crippen LogP contribution is -2.46. The fraction of sp³-hybridized carbons (Fsp3) is 0.769. The molecule has 5 rings (SSSR count). The average molecular weight is 204 g/mol. The van der Waals surface area contributed by atoms with Crippen molar-refractivity contribution in [1.29, 1.82) is 0 Å². The van der Waals surface area contributed by atoms with Crippen LogP contribution in [0.25, 0.3) is 0 Å². The van der Waals surface area contributed by atoms with Crippen molar-refractivity contribution in [2.45, 2.75) is 44.3 Å². The Hall–Kier alpha value is -0.630. The van der Waals surface area contributed by atoms with Gasteiger partial charge in [-0.25, -0.2) is 0 Å². The Bertz CT molecular complexity index is 386. The molecule has 0 N–H and O–H groups in total. The predicted molar refractivity (Wildman–Crippen MR) is 55.3 cm³/mol. The normalized spacial score (nSPS) is 60.1. The molecular weight excluding hydrogens is 188 g/mol. The smallest absolute Gasteiger partial charge is 0.155 e. The molecule has 4 bridgehead atoms. The minimum absolute atomic E-state index is 0.131. The molecule has 5 atom stereocenters. The molecule has 3 aliphatic carbocycles. The summed E-state index contributed by atoms with van der Waals surface area (Å²) in [5.41, 5.74) is 0.459. The van der Waals surface area contributed by atoms with E-state index in [0.29, 0.717) is 23.2 Å². The molecule has 2 saturated carbocycles. The van der Waals surface area contributed by atoms with Crippen molar-refractivity contribution >= 4 is 5.78 Å². The van der Waals surface area contributed by atoms with E-state index in [1.54, 1.807) is 0 Å². The first-order valence-electron chi connectivity index (χ1n) is 6.01. The highest BCUT2D eigenvalue weighted by atomic mass is 16.5.